The Kier molecular flexibility index (Phi) is 4.48. The Hall–Kier alpha value is -0.0800. The van der Waals surface area contributed by atoms with Crippen LogP contribution in [0, 0.1) is 11.8 Å². The predicted octanol–water partition coefficient (Wildman–Crippen LogP) is 3.42. The summed E-state index contributed by atoms with van der Waals surface area (Å²) in [4.78, 5) is 2.82. The fraction of sp³-hybridized carbons (Fsp3) is 1.00. The molecular weight excluding hydrogens is 232 g/mol. The van der Waals surface area contributed by atoms with Crippen molar-refractivity contribution < 1.29 is 0 Å². The summed E-state index contributed by atoms with van der Waals surface area (Å²) in [5, 5.41) is 3.99. The molecule has 110 valence electrons. The molecule has 0 amide bonds. The lowest BCUT2D eigenvalue weighted by molar-refractivity contribution is 0.0426. The van der Waals surface area contributed by atoms with Crippen molar-refractivity contribution in [2.45, 2.75) is 83.3 Å². The van der Waals surface area contributed by atoms with Crippen LogP contribution in [0.5, 0.6) is 0 Å². The van der Waals surface area contributed by atoms with E-state index in [1.165, 1.54) is 64.5 Å². The van der Waals surface area contributed by atoms with Gasteiger partial charge in [0, 0.05) is 31.2 Å². The molecule has 1 saturated heterocycles. The SMILES string of the molecule is CC(C)C1CC(NC2CCCC2)CN(C2CCC2)C1. The summed E-state index contributed by atoms with van der Waals surface area (Å²) < 4.78 is 0. The lowest BCUT2D eigenvalue weighted by atomic mass is 9.82. The van der Waals surface area contributed by atoms with Crippen LogP contribution in [0.3, 0.4) is 0 Å². The van der Waals surface area contributed by atoms with Crippen molar-refractivity contribution in [3.63, 3.8) is 0 Å². The molecule has 2 saturated carbocycles. The van der Waals surface area contributed by atoms with E-state index in [4.69, 9.17) is 0 Å². The summed E-state index contributed by atoms with van der Waals surface area (Å²) >= 11 is 0. The van der Waals surface area contributed by atoms with Crippen molar-refractivity contribution in [1.82, 2.24) is 10.2 Å². The molecule has 0 bridgehead atoms. The summed E-state index contributed by atoms with van der Waals surface area (Å²) in [6, 6.07) is 2.53. The third-order valence-electron chi connectivity index (χ3n) is 5.87. The first-order valence-corrected chi connectivity index (χ1v) is 8.72. The van der Waals surface area contributed by atoms with E-state index in [0.29, 0.717) is 0 Å². The number of nitrogens with one attached hydrogen (secondary N) is 1. The van der Waals surface area contributed by atoms with Gasteiger partial charge in [0.2, 0.25) is 0 Å². The smallest absolute Gasteiger partial charge is 0.0200 e. The second kappa shape index (κ2) is 6.13. The second-order valence-corrected chi connectivity index (χ2v) is 7.62. The maximum absolute atomic E-state index is 3.99. The number of rotatable bonds is 4. The van der Waals surface area contributed by atoms with Crippen LogP contribution in [0.1, 0.15) is 65.2 Å². The van der Waals surface area contributed by atoms with Gasteiger partial charge in [0.25, 0.3) is 0 Å². The van der Waals surface area contributed by atoms with Gasteiger partial charge in [-0.2, -0.15) is 0 Å². The van der Waals surface area contributed by atoms with Crippen LogP contribution >= 0.6 is 0 Å². The maximum atomic E-state index is 3.99. The molecule has 19 heavy (non-hydrogen) atoms. The highest BCUT2D eigenvalue weighted by atomic mass is 15.2. The van der Waals surface area contributed by atoms with Crippen molar-refractivity contribution in [2.75, 3.05) is 13.1 Å². The number of nitrogens with zero attached hydrogens (tertiary/aromatic N) is 1. The van der Waals surface area contributed by atoms with Crippen LogP contribution in [0.15, 0.2) is 0 Å². The summed E-state index contributed by atoms with van der Waals surface area (Å²) in [7, 11) is 0. The van der Waals surface area contributed by atoms with Gasteiger partial charge in [0.1, 0.15) is 0 Å². The molecule has 0 radical (unpaired) electrons. The molecule has 0 aromatic heterocycles. The molecular formula is C17H32N2. The zero-order valence-corrected chi connectivity index (χ0v) is 12.9. The zero-order chi connectivity index (χ0) is 13.2. The molecule has 0 aromatic carbocycles. The fourth-order valence-electron chi connectivity index (χ4n) is 4.25. The number of hydrogen-bond donors (Lipinski definition) is 1. The van der Waals surface area contributed by atoms with Crippen LogP contribution in [0.25, 0.3) is 0 Å². The molecule has 3 fully saturated rings. The Balaban J connectivity index is 1.58. The molecule has 2 heteroatoms. The van der Waals surface area contributed by atoms with Gasteiger partial charge in [-0.05, 0) is 43.9 Å². The lowest BCUT2D eigenvalue weighted by Crippen LogP contribution is -2.56. The predicted molar refractivity (Wildman–Crippen MR) is 81.3 cm³/mol. The molecule has 3 aliphatic rings. The van der Waals surface area contributed by atoms with Gasteiger partial charge in [0.15, 0.2) is 0 Å². The normalized spacial score (nSPS) is 34.9. The zero-order valence-electron chi connectivity index (χ0n) is 12.9. The molecule has 1 heterocycles. The molecule has 2 aliphatic carbocycles. The molecule has 2 nitrogen and oxygen atoms in total. The maximum Gasteiger partial charge on any atom is 0.0200 e. The molecule has 2 unspecified atom stereocenters. The van der Waals surface area contributed by atoms with Crippen molar-refractivity contribution in [2.24, 2.45) is 11.8 Å². The standard InChI is InChI=1S/C17H32N2/c1-13(2)14-10-16(18-15-6-3-4-7-15)12-19(11-14)17-8-5-9-17/h13-18H,3-12H2,1-2H3. The Morgan fingerprint density at radius 1 is 0.895 bits per heavy atom. The summed E-state index contributed by atoms with van der Waals surface area (Å²) in [6.45, 7) is 7.53. The molecule has 0 aromatic rings. The third-order valence-corrected chi connectivity index (χ3v) is 5.87. The second-order valence-electron chi connectivity index (χ2n) is 7.62. The molecule has 1 aliphatic heterocycles. The average Bonchev–Trinajstić information content (AvgIpc) is 2.79. The first-order chi connectivity index (χ1) is 9.22. The van der Waals surface area contributed by atoms with Gasteiger partial charge in [-0.25, -0.2) is 0 Å². The minimum atomic E-state index is 0.768. The van der Waals surface area contributed by atoms with Crippen LogP contribution in [-0.2, 0) is 0 Å². The van der Waals surface area contributed by atoms with Crippen molar-refractivity contribution >= 4 is 0 Å². The van der Waals surface area contributed by atoms with Gasteiger partial charge in [-0.15, -0.1) is 0 Å². The Morgan fingerprint density at radius 3 is 2.21 bits per heavy atom. The highest BCUT2D eigenvalue weighted by molar-refractivity contribution is 4.92. The van der Waals surface area contributed by atoms with E-state index in [0.717, 1.165) is 30.0 Å². The third kappa shape index (κ3) is 3.33. The molecule has 2 atom stereocenters. The molecule has 0 spiro atoms. The van der Waals surface area contributed by atoms with Crippen molar-refractivity contribution in [3.8, 4) is 0 Å². The van der Waals surface area contributed by atoms with Gasteiger partial charge in [-0.3, -0.25) is 4.90 Å². The van der Waals surface area contributed by atoms with E-state index >= 15 is 0 Å². The summed E-state index contributed by atoms with van der Waals surface area (Å²) in [6.07, 6.45) is 11.5. The monoisotopic (exact) mass is 264 g/mol. The topological polar surface area (TPSA) is 15.3 Å². The molecule has 1 N–H and O–H groups in total. The highest BCUT2D eigenvalue weighted by Crippen LogP contribution is 2.32. The Morgan fingerprint density at radius 2 is 1.63 bits per heavy atom. The first kappa shape index (κ1) is 13.9. The number of piperidine rings is 1. The minimum Gasteiger partial charge on any atom is -0.310 e. The van der Waals surface area contributed by atoms with Crippen molar-refractivity contribution in [3.05, 3.63) is 0 Å². The van der Waals surface area contributed by atoms with Crippen LogP contribution in [0.2, 0.25) is 0 Å². The van der Waals surface area contributed by atoms with E-state index in [1.807, 2.05) is 0 Å². The quantitative estimate of drug-likeness (QED) is 0.837. The number of likely N-dealkylation sites (tertiary alicyclic amines) is 1. The summed E-state index contributed by atoms with van der Waals surface area (Å²) in [5.74, 6) is 1.75. The first-order valence-electron chi connectivity index (χ1n) is 8.72. The van der Waals surface area contributed by atoms with E-state index in [9.17, 15) is 0 Å². The average molecular weight is 264 g/mol. The van der Waals surface area contributed by atoms with Crippen molar-refractivity contribution in [1.29, 1.82) is 0 Å². The van der Waals surface area contributed by atoms with Crippen LogP contribution in [0.4, 0.5) is 0 Å². The Bertz CT molecular complexity index is 277. The van der Waals surface area contributed by atoms with Crippen LogP contribution < -0.4 is 5.32 Å². The van der Waals surface area contributed by atoms with Gasteiger partial charge < -0.3 is 5.32 Å². The van der Waals surface area contributed by atoms with E-state index in [-0.39, 0.29) is 0 Å². The largest absolute Gasteiger partial charge is 0.310 e. The minimum absolute atomic E-state index is 0.768. The lowest BCUT2D eigenvalue weighted by Gasteiger charge is -2.47. The Labute approximate surface area is 119 Å². The molecule has 3 rings (SSSR count). The summed E-state index contributed by atoms with van der Waals surface area (Å²) in [5.41, 5.74) is 0. The highest BCUT2D eigenvalue weighted by Gasteiger charge is 2.35. The number of hydrogen-bond acceptors (Lipinski definition) is 2. The van der Waals surface area contributed by atoms with E-state index in [2.05, 4.69) is 24.1 Å². The van der Waals surface area contributed by atoms with Crippen LogP contribution in [-0.4, -0.2) is 36.1 Å². The van der Waals surface area contributed by atoms with Gasteiger partial charge in [0.05, 0.1) is 0 Å². The van der Waals surface area contributed by atoms with Gasteiger partial charge in [-0.1, -0.05) is 33.1 Å². The fourth-order valence-corrected chi connectivity index (χ4v) is 4.25. The van der Waals surface area contributed by atoms with E-state index in [1.54, 1.807) is 0 Å². The van der Waals surface area contributed by atoms with Gasteiger partial charge >= 0.3 is 0 Å². The van der Waals surface area contributed by atoms with E-state index < -0.39 is 0 Å².